The Hall–Kier alpha value is -3.41. The van der Waals surface area contributed by atoms with Gasteiger partial charge in [-0.2, -0.15) is 5.10 Å². The predicted molar refractivity (Wildman–Crippen MR) is 119 cm³/mol. The molecular weight excluding hydrogens is 378 g/mol. The van der Waals surface area contributed by atoms with Crippen LogP contribution >= 0.6 is 0 Å². The third kappa shape index (κ3) is 4.95. The zero-order valence-electron chi connectivity index (χ0n) is 17.8. The summed E-state index contributed by atoms with van der Waals surface area (Å²) in [6, 6.07) is 15.2. The molecule has 1 N–H and O–H groups in total. The van der Waals surface area contributed by atoms with Crippen LogP contribution in [0.15, 0.2) is 59.8 Å². The minimum atomic E-state index is -0.297. The van der Waals surface area contributed by atoms with Crippen molar-refractivity contribution in [2.24, 2.45) is 5.10 Å². The summed E-state index contributed by atoms with van der Waals surface area (Å²) in [4.78, 5) is 24.3. The highest BCUT2D eigenvalue weighted by molar-refractivity contribution is 6.01. The van der Waals surface area contributed by atoms with Crippen molar-refractivity contribution in [2.45, 2.75) is 39.7 Å². The van der Waals surface area contributed by atoms with Crippen molar-refractivity contribution in [3.63, 3.8) is 0 Å². The molecule has 0 aliphatic carbocycles. The maximum atomic E-state index is 12.4. The number of benzene rings is 2. The number of amides is 1. The Labute approximate surface area is 176 Å². The van der Waals surface area contributed by atoms with E-state index < -0.39 is 0 Å². The second-order valence-corrected chi connectivity index (χ2v) is 8.06. The number of rotatable bonds is 6. The second-order valence-electron chi connectivity index (χ2n) is 8.06. The number of para-hydroxylation sites is 1. The lowest BCUT2D eigenvalue weighted by atomic mass is 9.87. The molecule has 0 spiro atoms. The van der Waals surface area contributed by atoms with Crippen molar-refractivity contribution >= 4 is 29.0 Å². The smallest absolute Gasteiger partial charge is 0.325 e. The summed E-state index contributed by atoms with van der Waals surface area (Å²) < 4.78 is 6.87. The van der Waals surface area contributed by atoms with E-state index in [0.717, 1.165) is 22.0 Å². The SMILES string of the molecule is CCOC(=O)Cn1cc(/C=N\NC(=O)c2ccc(C(C)(C)C)cc2)c2ccccc21. The van der Waals surface area contributed by atoms with Gasteiger partial charge in [-0.25, -0.2) is 5.43 Å². The third-order valence-corrected chi connectivity index (χ3v) is 4.81. The molecule has 0 bridgehead atoms. The molecular formula is C24H27N3O3. The van der Waals surface area contributed by atoms with Gasteiger partial charge in [-0.3, -0.25) is 9.59 Å². The van der Waals surface area contributed by atoms with Crippen molar-refractivity contribution in [3.05, 3.63) is 71.4 Å². The van der Waals surface area contributed by atoms with E-state index in [1.165, 1.54) is 0 Å². The molecule has 156 valence electrons. The van der Waals surface area contributed by atoms with Gasteiger partial charge in [0.2, 0.25) is 0 Å². The lowest BCUT2D eigenvalue weighted by molar-refractivity contribution is -0.143. The average molecular weight is 405 g/mol. The normalized spacial score (nSPS) is 11.7. The molecule has 0 aliphatic rings. The first kappa shape index (κ1) is 21.3. The van der Waals surface area contributed by atoms with Crippen molar-refractivity contribution in [2.75, 3.05) is 6.61 Å². The van der Waals surface area contributed by atoms with E-state index in [9.17, 15) is 9.59 Å². The van der Waals surface area contributed by atoms with E-state index in [1.54, 1.807) is 25.3 Å². The number of hydrogen-bond donors (Lipinski definition) is 1. The molecule has 1 aromatic heterocycles. The molecule has 0 radical (unpaired) electrons. The zero-order valence-corrected chi connectivity index (χ0v) is 17.8. The van der Waals surface area contributed by atoms with Crippen LogP contribution in [0.3, 0.4) is 0 Å². The Bertz CT molecular complexity index is 1070. The number of carbonyl (C=O) groups is 2. The number of nitrogens with zero attached hydrogens (tertiary/aromatic N) is 2. The van der Waals surface area contributed by atoms with Crippen molar-refractivity contribution in [1.82, 2.24) is 9.99 Å². The number of fused-ring (bicyclic) bond motifs is 1. The third-order valence-electron chi connectivity index (χ3n) is 4.81. The Morgan fingerprint density at radius 3 is 2.47 bits per heavy atom. The van der Waals surface area contributed by atoms with Crippen LogP contribution in [-0.2, 0) is 21.5 Å². The van der Waals surface area contributed by atoms with E-state index in [1.807, 2.05) is 47.2 Å². The molecule has 6 nitrogen and oxygen atoms in total. The number of hydrazone groups is 1. The number of ether oxygens (including phenoxy) is 1. The van der Waals surface area contributed by atoms with Gasteiger partial charge in [0.05, 0.1) is 12.8 Å². The van der Waals surface area contributed by atoms with Crippen LogP contribution in [0.2, 0.25) is 0 Å². The Kier molecular flexibility index (Phi) is 6.35. The lowest BCUT2D eigenvalue weighted by Gasteiger charge is -2.18. The van der Waals surface area contributed by atoms with Gasteiger partial charge < -0.3 is 9.30 Å². The second kappa shape index (κ2) is 8.95. The zero-order chi connectivity index (χ0) is 21.7. The molecule has 0 saturated carbocycles. The first-order valence-corrected chi connectivity index (χ1v) is 9.97. The Morgan fingerprint density at radius 1 is 1.10 bits per heavy atom. The van der Waals surface area contributed by atoms with Gasteiger partial charge >= 0.3 is 5.97 Å². The molecule has 2 aromatic carbocycles. The number of hydrogen-bond acceptors (Lipinski definition) is 4. The monoisotopic (exact) mass is 405 g/mol. The van der Waals surface area contributed by atoms with Crippen molar-refractivity contribution in [3.8, 4) is 0 Å². The number of nitrogens with one attached hydrogen (secondary N) is 1. The summed E-state index contributed by atoms with van der Waals surface area (Å²) in [7, 11) is 0. The highest BCUT2D eigenvalue weighted by Gasteiger charge is 2.14. The van der Waals surface area contributed by atoms with Gasteiger partial charge in [-0.15, -0.1) is 0 Å². The Balaban J connectivity index is 1.74. The molecule has 3 rings (SSSR count). The van der Waals surface area contributed by atoms with Crippen LogP contribution < -0.4 is 5.43 Å². The molecule has 30 heavy (non-hydrogen) atoms. The molecule has 1 heterocycles. The fourth-order valence-corrected chi connectivity index (χ4v) is 3.20. The highest BCUT2D eigenvalue weighted by atomic mass is 16.5. The Morgan fingerprint density at radius 2 is 1.80 bits per heavy atom. The summed E-state index contributed by atoms with van der Waals surface area (Å²) in [6.45, 7) is 8.63. The van der Waals surface area contributed by atoms with E-state index in [4.69, 9.17) is 4.74 Å². The molecule has 0 aliphatic heterocycles. The molecule has 0 saturated heterocycles. The van der Waals surface area contributed by atoms with E-state index in [2.05, 4.69) is 31.3 Å². The van der Waals surface area contributed by atoms with Crippen LogP contribution in [0.5, 0.6) is 0 Å². The van der Waals surface area contributed by atoms with E-state index in [0.29, 0.717) is 12.2 Å². The standard InChI is InChI=1S/C24H27N3O3/c1-5-30-22(28)16-27-15-18(20-8-6-7-9-21(20)27)14-25-26-23(29)17-10-12-19(13-11-17)24(2,3)4/h6-15H,5,16H2,1-4H3,(H,26,29)/b25-14-. The van der Waals surface area contributed by atoms with Gasteiger partial charge in [0, 0.05) is 28.2 Å². The van der Waals surface area contributed by atoms with Gasteiger partial charge in [-0.05, 0) is 36.1 Å². The minimum absolute atomic E-state index is 0.0327. The van der Waals surface area contributed by atoms with E-state index >= 15 is 0 Å². The summed E-state index contributed by atoms with van der Waals surface area (Å²) in [6.07, 6.45) is 3.42. The molecule has 3 aromatic rings. The maximum Gasteiger partial charge on any atom is 0.325 e. The van der Waals surface area contributed by atoms with Gasteiger partial charge in [0.1, 0.15) is 6.54 Å². The molecule has 6 heteroatoms. The summed E-state index contributed by atoms with van der Waals surface area (Å²) >= 11 is 0. The fourth-order valence-electron chi connectivity index (χ4n) is 3.20. The van der Waals surface area contributed by atoms with Crippen LogP contribution in [-0.4, -0.2) is 29.3 Å². The summed E-state index contributed by atoms with van der Waals surface area (Å²) in [5, 5.41) is 5.05. The average Bonchev–Trinajstić information content (AvgIpc) is 3.05. The van der Waals surface area contributed by atoms with Gasteiger partial charge in [0.15, 0.2) is 0 Å². The number of esters is 1. The number of aromatic nitrogens is 1. The maximum absolute atomic E-state index is 12.4. The van der Waals surface area contributed by atoms with Crippen molar-refractivity contribution in [1.29, 1.82) is 0 Å². The molecule has 1 amide bonds. The minimum Gasteiger partial charge on any atom is -0.465 e. The van der Waals surface area contributed by atoms with Crippen LogP contribution in [0, 0.1) is 0 Å². The first-order chi connectivity index (χ1) is 14.3. The van der Waals surface area contributed by atoms with E-state index in [-0.39, 0.29) is 23.8 Å². The van der Waals surface area contributed by atoms with Gasteiger partial charge in [0.25, 0.3) is 5.91 Å². The quantitative estimate of drug-likeness (QED) is 0.378. The lowest BCUT2D eigenvalue weighted by Crippen LogP contribution is -2.18. The van der Waals surface area contributed by atoms with Crippen molar-refractivity contribution < 1.29 is 14.3 Å². The van der Waals surface area contributed by atoms with Gasteiger partial charge in [-0.1, -0.05) is 51.1 Å². The summed E-state index contributed by atoms with van der Waals surface area (Å²) in [5.74, 6) is -0.573. The highest BCUT2D eigenvalue weighted by Crippen LogP contribution is 2.22. The van der Waals surface area contributed by atoms with Crippen LogP contribution in [0.4, 0.5) is 0 Å². The molecule has 0 fully saturated rings. The summed E-state index contributed by atoms with van der Waals surface area (Å²) in [5.41, 5.74) is 6.02. The molecule has 0 unspecified atom stereocenters. The van der Waals surface area contributed by atoms with Crippen LogP contribution in [0.25, 0.3) is 10.9 Å². The van der Waals surface area contributed by atoms with Crippen LogP contribution in [0.1, 0.15) is 49.2 Å². The molecule has 0 atom stereocenters. The topological polar surface area (TPSA) is 72.7 Å². The first-order valence-electron chi connectivity index (χ1n) is 9.97. The predicted octanol–water partition coefficient (Wildman–Crippen LogP) is 4.27. The largest absolute Gasteiger partial charge is 0.465 e. The number of carbonyl (C=O) groups excluding carboxylic acids is 2. The fraction of sp³-hybridized carbons (Fsp3) is 0.292.